The van der Waals surface area contributed by atoms with E-state index < -0.39 is 0 Å². The van der Waals surface area contributed by atoms with Gasteiger partial charge in [0.2, 0.25) is 5.95 Å². The Labute approximate surface area is 240 Å². The minimum atomic E-state index is 0.0792. The van der Waals surface area contributed by atoms with Crippen LogP contribution < -0.4 is 10.2 Å². The summed E-state index contributed by atoms with van der Waals surface area (Å²) in [5.74, 6) is 1.92. The van der Waals surface area contributed by atoms with Gasteiger partial charge in [-0.15, -0.1) is 0 Å². The molecule has 1 atom stereocenters. The molecule has 1 aromatic carbocycles. The molecule has 1 fully saturated rings. The highest BCUT2D eigenvalue weighted by atomic mass is 16.1. The highest BCUT2D eigenvalue weighted by molar-refractivity contribution is 5.82. The third-order valence-corrected chi connectivity index (χ3v) is 7.20. The third kappa shape index (κ3) is 8.83. The summed E-state index contributed by atoms with van der Waals surface area (Å²) in [5.41, 5.74) is 3.99. The Kier molecular flexibility index (Phi) is 12.5. The van der Waals surface area contributed by atoms with E-state index in [2.05, 4.69) is 62.2 Å². The fraction of sp³-hybridized carbons (Fsp3) is 0.500. The van der Waals surface area contributed by atoms with Crippen molar-refractivity contribution in [1.29, 1.82) is 0 Å². The minimum Gasteiger partial charge on any atom is -0.360 e. The maximum Gasteiger partial charge on any atom is 0.227 e. The zero-order valence-corrected chi connectivity index (χ0v) is 25.2. The van der Waals surface area contributed by atoms with E-state index in [4.69, 9.17) is 4.98 Å². The van der Waals surface area contributed by atoms with Crippen molar-refractivity contribution >= 4 is 23.2 Å². The first-order chi connectivity index (χ1) is 19.5. The average Bonchev–Trinajstić information content (AvgIpc) is 3.00. The summed E-state index contributed by atoms with van der Waals surface area (Å²) in [6.07, 6.45) is 5.49. The molecule has 8 nitrogen and oxygen atoms in total. The summed E-state index contributed by atoms with van der Waals surface area (Å²) in [6.45, 7) is 16.2. The monoisotopic (exact) mass is 545 g/mol. The van der Waals surface area contributed by atoms with Gasteiger partial charge in [-0.1, -0.05) is 46.8 Å². The van der Waals surface area contributed by atoms with Gasteiger partial charge in [0, 0.05) is 75.9 Å². The first kappa shape index (κ1) is 31.2. The van der Waals surface area contributed by atoms with Crippen LogP contribution in [0.3, 0.4) is 0 Å². The molecule has 1 unspecified atom stereocenters. The van der Waals surface area contributed by atoms with Crippen molar-refractivity contribution in [2.45, 2.75) is 54.0 Å². The van der Waals surface area contributed by atoms with Crippen LogP contribution in [0.2, 0.25) is 0 Å². The Morgan fingerprint density at radius 2 is 1.60 bits per heavy atom. The van der Waals surface area contributed by atoms with Crippen LogP contribution in [-0.4, -0.2) is 76.9 Å². The number of anilines is 3. The van der Waals surface area contributed by atoms with Crippen LogP contribution in [0.15, 0.2) is 54.9 Å². The number of benzene rings is 1. The number of carbonyl (C=O) groups excluding carboxylic acids is 1. The predicted molar refractivity (Wildman–Crippen MR) is 166 cm³/mol. The van der Waals surface area contributed by atoms with Gasteiger partial charge in [0.25, 0.3) is 0 Å². The molecule has 7 heterocycles. The molecule has 1 N–H and O–H groups in total. The quantitative estimate of drug-likeness (QED) is 0.375. The summed E-state index contributed by atoms with van der Waals surface area (Å²) in [6, 6.07) is 14.4. The molecule has 8 rings (SSSR count). The largest absolute Gasteiger partial charge is 0.360 e. The molecule has 5 aliphatic heterocycles. The van der Waals surface area contributed by atoms with Gasteiger partial charge < -0.3 is 10.2 Å². The molecule has 8 heteroatoms. The number of ketones is 1. The Hall–Kier alpha value is -3.36. The Bertz CT molecular complexity index is 1180. The van der Waals surface area contributed by atoms with Crippen molar-refractivity contribution in [3.8, 4) is 11.3 Å². The van der Waals surface area contributed by atoms with Crippen molar-refractivity contribution in [2.75, 3.05) is 56.5 Å². The number of carbonyl (C=O) groups is 1. The first-order valence-corrected chi connectivity index (χ1v) is 14.9. The molecular formula is C32H47N7O. The van der Waals surface area contributed by atoms with Crippen LogP contribution in [0, 0.1) is 5.92 Å². The van der Waals surface area contributed by atoms with Crippen LogP contribution >= 0.6 is 0 Å². The molecule has 2 aromatic heterocycles. The number of pyridine rings is 1. The first-order valence-electron chi connectivity index (χ1n) is 14.9. The molecule has 3 aromatic rings. The Morgan fingerprint density at radius 1 is 0.875 bits per heavy atom. The van der Waals surface area contributed by atoms with Crippen LogP contribution in [0.4, 0.5) is 17.5 Å². The number of hydrogen-bond donors (Lipinski definition) is 1. The summed E-state index contributed by atoms with van der Waals surface area (Å²) in [4.78, 5) is 33.6. The third-order valence-electron chi connectivity index (χ3n) is 7.20. The summed E-state index contributed by atoms with van der Waals surface area (Å²) in [5, 5.41) is 3.36. The Balaban J connectivity index is 0.00000106. The molecule has 0 amide bonds. The van der Waals surface area contributed by atoms with E-state index in [1.165, 1.54) is 5.56 Å². The van der Waals surface area contributed by atoms with E-state index in [9.17, 15) is 4.79 Å². The molecule has 0 spiro atoms. The van der Waals surface area contributed by atoms with Crippen LogP contribution in [0.1, 0.15) is 53.0 Å². The Morgan fingerprint density at radius 3 is 2.30 bits per heavy atom. The molecular weight excluding hydrogens is 498 g/mol. The van der Waals surface area contributed by atoms with E-state index in [-0.39, 0.29) is 5.92 Å². The maximum atomic E-state index is 12.9. The molecule has 1 saturated heterocycles. The SMILES string of the molecule is CC.CC.CC1CCCN(C)c2ccc(cn2)-c2ccnc(n2)Nc2cccc(c2)CN2CCN(CC2)CC1=O. The van der Waals surface area contributed by atoms with Gasteiger partial charge in [-0.2, -0.15) is 0 Å². The highest BCUT2D eigenvalue weighted by Crippen LogP contribution is 2.22. The lowest BCUT2D eigenvalue weighted by Gasteiger charge is -2.34. The van der Waals surface area contributed by atoms with Crippen molar-refractivity contribution in [3.63, 3.8) is 0 Å². The van der Waals surface area contributed by atoms with Crippen molar-refractivity contribution in [3.05, 3.63) is 60.4 Å². The number of nitrogens with zero attached hydrogens (tertiary/aromatic N) is 6. The van der Waals surface area contributed by atoms with Crippen LogP contribution in [0.5, 0.6) is 0 Å². The van der Waals surface area contributed by atoms with E-state index >= 15 is 0 Å². The average molecular weight is 546 g/mol. The number of aromatic nitrogens is 3. The number of hydrogen-bond acceptors (Lipinski definition) is 8. The van der Waals surface area contributed by atoms with Gasteiger partial charge in [0.15, 0.2) is 0 Å². The van der Waals surface area contributed by atoms with Gasteiger partial charge in [-0.05, 0) is 48.7 Å². The molecule has 0 saturated carbocycles. The summed E-state index contributed by atoms with van der Waals surface area (Å²) >= 11 is 0. The highest BCUT2D eigenvalue weighted by Gasteiger charge is 2.22. The zero-order valence-electron chi connectivity index (χ0n) is 25.2. The van der Waals surface area contributed by atoms with E-state index in [1.807, 2.05) is 58.2 Å². The maximum absolute atomic E-state index is 12.9. The second-order valence-corrected chi connectivity index (χ2v) is 9.98. The summed E-state index contributed by atoms with van der Waals surface area (Å²) < 4.78 is 0. The lowest BCUT2D eigenvalue weighted by Crippen LogP contribution is -2.48. The molecule has 40 heavy (non-hydrogen) atoms. The summed E-state index contributed by atoms with van der Waals surface area (Å²) in [7, 11) is 2.05. The number of piperazine rings is 1. The van der Waals surface area contributed by atoms with Gasteiger partial charge in [0.05, 0.1) is 12.2 Å². The predicted octanol–water partition coefficient (Wildman–Crippen LogP) is 5.89. The molecule has 0 radical (unpaired) electrons. The lowest BCUT2D eigenvalue weighted by atomic mass is 9.99. The normalized spacial score (nSPS) is 21.3. The zero-order chi connectivity index (χ0) is 28.9. The van der Waals surface area contributed by atoms with E-state index in [0.717, 1.165) is 74.9 Å². The smallest absolute Gasteiger partial charge is 0.227 e. The van der Waals surface area contributed by atoms with E-state index in [1.54, 1.807) is 6.20 Å². The van der Waals surface area contributed by atoms with Crippen LogP contribution in [-0.2, 0) is 11.3 Å². The molecule has 0 aliphatic carbocycles. The molecule has 5 aliphatic rings. The second kappa shape index (κ2) is 16.0. The topological polar surface area (TPSA) is 77.5 Å². The van der Waals surface area contributed by atoms with E-state index in [0.29, 0.717) is 18.3 Å². The molecule has 216 valence electrons. The number of rotatable bonds is 0. The van der Waals surface area contributed by atoms with Gasteiger partial charge in [-0.25, -0.2) is 15.0 Å². The standard InChI is InChI=1S/C28H35N7O.2C2H6/c1-21-5-4-12-33(2)27-9-8-23(18-30-27)25-10-11-29-28(32-25)31-24-7-3-6-22(17-24)19-34-13-15-35(16-14-34)20-26(21)36;2*1-2/h3,6-11,17-18,21H,4-5,12-16,19-20H2,1-2H3,(H,29,31,32);2*1-2H3. The second-order valence-electron chi connectivity index (χ2n) is 9.98. The van der Waals surface area contributed by atoms with Crippen molar-refractivity contribution < 1.29 is 4.79 Å². The van der Waals surface area contributed by atoms with Gasteiger partial charge in [0.1, 0.15) is 11.6 Å². The van der Waals surface area contributed by atoms with Crippen molar-refractivity contribution in [2.24, 2.45) is 5.92 Å². The number of Topliss-reactive ketones (excluding diaryl/α,β-unsaturated/α-hetero) is 1. The van der Waals surface area contributed by atoms with Crippen LogP contribution in [0.25, 0.3) is 11.3 Å². The van der Waals surface area contributed by atoms with Gasteiger partial charge >= 0.3 is 0 Å². The fourth-order valence-electron chi connectivity index (χ4n) is 4.87. The lowest BCUT2D eigenvalue weighted by molar-refractivity contribution is -0.124. The minimum absolute atomic E-state index is 0.0792. The fourth-order valence-corrected chi connectivity index (χ4v) is 4.87. The van der Waals surface area contributed by atoms with Gasteiger partial charge in [-0.3, -0.25) is 14.6 Å². The number of nitrogens with one attached hydrogen (secondary N) is 1. The van der Waals surface area contributed by atoms with Crippen molar-refractivity contribution in [1.82, 2.24) is 24.8 Å². The molecule has 8 bridgehead atoms.